The number of nitriles is 1. The van der Waals surface area contributed by atoms with Crippen molar-refractivity contribution in [3.8, 4) is 6.07 Å². The molecule has 5 heteroatoms. The van der Waals surface area contributed by atoms with E-state index < -0.39 is 0 Å². The molecule has 0 heterocycles. The first-order valence-corrected chi connectivity index (χ1v) is 6.19. The average molecular weight is 362 g/mol. The number of rotatable bonds is 4. The van der Waals surface area contributed by atoms with Crippen molar-refractivity contribution in [1.29, 1.82) is 5.26 Å². The highest BCUT2D eigenvalue weighted by molar-refractivity contribution is 14.0. The Balaban J connectivity index is 0.00000289. The third-order valence-electron chi connectivity index (χ3n) is 3.12. The van der Waals surface area contributed by atoms with Crippen LogP contribution in [-0.4, -0.2) is 19.0 Å². The highest BCUT2D eigenvalue weighted by Crippen LogP contribution is 2.27. The molecule has 0 spiro atoms. The van der Waals surface area contributed by atoms with Crippen LogP contribution in [0, 0.1) is 23.2 Å². The molecule has 1 aliphatic rings. The van der Waals surface area contributed by atoms with Crippen molar-refractivity contribution in [3.63, 3.8) is 0 Å². The van der Waals surface area contributed by atoms with Crippen LogP contribution in [0.3, 0.4) is 0 Å². The molecule has 0 aliphatic heterocycles. The summed E-state index contributed by atoms with van der Waals surface area (Å²) in [5.74, 6) is 1.38. The topological polar surface area (TPSA) is 74.2 Å². The Morgan fingerprint density at radius 1 is 1.44 bits per heavy atom. The number of nitrogens with one attached hydrogen (secondary N) is 1. The average Bonchev–Trinajstić information content (AvgIpc) is 2.34. The third-order valence-corrected chi connectivity index (χ3v) is 3.12. The maximum Gasteiger partial charge on any atom is 0.188 e. The molecule has 0 unspecified atom stereocenters. The van der Waals surface area contributed by atoms with Gasteiger partial charge in [-0.15, -0.1) is 24.0 Å². The summed E-state index contributed by atoms with van der Waals surface area (Å²) in [5, 5.41) is 11.9. The minimum absolute atomic E-state index is 0. The Kier molecular flexibility index (Phi) is 8.81. The predicted octanol–water partition coefficient (Wildman–Crippen LogP) is 2.41. The first-order chi connectivity index (χ1) is 8.11. The van der Waals surface area contributed by atoms with Crippen LogP contribution in [0.1, 0.15) is 32.6 Å². The molecule has 18 heavy (non-hydrogen) atoms. The van der Waals surface area contributed by atoms with Gasteiger partial charge in [0.15, 0.2) is 5.96 Å². The van der Waals surface area contributed by atoms with Gasteiger partial charge in [-0.25, -0.2) is 4.99 Å². The summed E-state index contributed by atoms with van der Waals surface area (Å²) >= 11 is 0. The molecule has 1 saturated carbocycles. The molecule has 1 aliphatic carbocycles. The molecule has 0 amide bonds. The molecule has 1 rings (SSSR count). The van der Waals surface area contributed by atoms with Crippen LogP contribution in [-0.2, 0) is 0 Å². The van der Waals surface area contributed by atoms with E-state index in [1.165, 1.54) is 0 Å². The van der Waals surface area contributed by atoms with Crippen molar-refractivity contribution in [2.75, 3.05) is 13.1 Å². The SMILES string of the molecule is C=C(C)CN=C(N)NCC1CCC(C#N)CC1.I. The monoisotopic (exact) mass is 362 g/mol. The van der Waals surface area contributed by atoms with Crippen molar-refractivity contribution in [3.05, 3.63) is 12.2 Å². The molecule has 0 aromatic rings. The van der Waals surface area contributed by atoms with E-state index >= 15 is 0 Å². The van der Waals surface area contributed by atoms with Crippen LogP contribution in [0.15, 0.2) is 17.1 Å². The number of hydrogen-bond donors (Lipinski definition) is 2. The summed E-state index contributed by atoms with van der Waals surface area (Å²) in [5.41, 5.74) is 6.74. The first kappa shape index (κ1) is 17.2. The maximum atomic E-state index is 8.80. The Labute approximate surface area is 127 Å². The van der Waals surface area contributed by atoms with Crippen molar-refractivity contribution in [2.45, 2.75) is 32.6 Å². The zero-order chi connectivity index (χ0) is 12.7. The molecule has 4 nitrogen and oxygen atoms in total. The molecular weight excluding hydrogens is 339 g/mol. The highest BCUT2D eigenvalue weighted by Gasteiger charge is 2.20. The van der Waals surface area contributed by atoms with E-state index in [2.05, 4.69) is 23.0 Å². The fraction of sp³-hybridized carbons (Fsp3) is 0.692. The van der Waals surface area contributed by atoms with Gasteiger partial charge in [-0.05, 0) is 38.5 Å². The van der Waals surface area contributed by atoms with Gasteiger partial charge < -0.3 is 11.1 Å². The molecule has 0 aromatic heterocycles. The quantitative estimate of drug-likeness (QED) is 0.349. The fourth-order valence-electron chi connectivity index (χ4n) is 2.02. The van der Waals surface area contributed by atoms with E-state index in [1.807, 2.05) is 6.92 Å². The zero-order valence-electron chi connectivity index (χ0n) is 11.0. The van der Waals surface area contributed by atoms with Gasteiger partial charge in [0.2, 0.25) is 0 Å². The molecule has 0 radical (unpaired) electrons. The van der Waals surface area contributed by atoms with Crippen LogP contribution < -0.4 is 11.1 Å². The van der Waals surface area contributed by atoms with Crippen molar-refractivity contribution >= 4 is 29.9 Å². The lowest BCUT2D eigenvalue weighted by Gasteiger charge is -2.24. The van der Waals surface area contributed by atoms with Crippen LogP contribution in [0.5, 0.6) is 0 Å². The summed E-state index contributed by atoms with van der Waals surface area (Å²) in [6.07, 6.45) is 4.26. The second kappa shape index (κ2) is 9.20. The van der Waals surface area contributed by atoms with E-state index in [4.69, 9.17) is 11.0 Å². The molecule has 0 atom stereocenters. The minimum Gasteiger partial charge on any atom is -0.370 e. The Hall–Kier alpha value is -0.770. The minimum atomic E-state index is 0. The molecule has 3 N–H and O–H groups in total. The Bertz CT molecular complexity index is 324. The fourth-order valence-corrected chi connectivity index (χ4v) is 2.02. The number of guanidine groups is 1. The van der Waals surface area contributed by atoms with Gasteiger partial charge in [0.05, 0.1) is 12.6 Å². The van der Waals surface area contributed by atoms with E-state index in [-0.39, 0.29) is 29.9 Å². The Morgan fingerprint density at radius 2 is 2.06 bits per heavy atom. The van der Waals surface area contributed by atoms with Crippen molar-refractivity contribution in [1.82, 2.24) is 5.32 Å². The van der Waals surface area contributed by atoms with E-state index in [1.54, 1.807) is 0 Å². The molecule has 102 valence electrons. The summed E-state index contributed by atoms with van der Waals surface area (Å²) < 4.78 is 0. The van der Waals surface area contributed by atoms with E-state index in [0.29, 0.717) is 18.4 Å². The zero-order valence-corrected chi connectivity index (χ0v) is 13.3. The van der Waals surface area contributed by atoms with Gasteiger partial charge in [0, 0.05) is 12.5 Å². The number of halogens is 1. The van der Waals surface area contributed by atoms with Crippen LogP contribution in [0.25, 0.3) is 0 Å². The van der Waals surface area contributed by atoms with Crippen LogP contribution in [0.2, 0.25) is 0 Å². The number of hydrogen-bond acceptors (Lipinski definition) is 2. The standard InChI is InChI=1S/C13H22N4.HI/c1-10(2)8-16-13(15)17-9-12-5-3-11(7-14)4-6-12;/h11-12H,1,3-6,8-9H2,2H3,(H3,15,16,17);1H. The van der Waals surface area contributed by atoms with Gasteiger partial charge in [0.25, 0.3) is 0 Å². The van der Waals surface area contributed by atoms with Crippen molar-refractivity contribution < 1.29 is 0 Å². The van der Waals surface area contributed by atoms with Gasteiger partial charge in [0.1, 0.15) is 0 Å². The summed E-state index contributed by atoms with van der Waals surface area (Å²) in [6.45, 7) is 7.15. The van der Waals surface area contributed by atoms with Crippen molar-refractivity contribution in [2.24, 2.45) is 22.6 Å². The number of nitrogens with zero attached hydrogens (tertiary/aromatic N) is 2. The highest BCUT2D eigenvalue weighted by atomic mass is 127. The largest absolute Gasteiger partial charge is 0.370 e. The lowest BCUT2D eigenvalue weighted by Crippen LogP contribution is -2.36. The van der Waals surface area contributed by atoms with Gasteiger partial charge in [-0.1, -0.05) is 12.2 Å². The Morgan fingerprint density at radius 3 is 2.56 bits per heavy atom. The van der Waals surface area contributed by atoms with E-state index in [9.17, 15) is 0 Å². The number of aliphatic imine (C=N–C) groups is 1. The molecule has 1 fully saturated rings. The first-order valence-electron chi connectivity index (χ1n) is 6.19. The summed E-state index contributed by atoms with van der Waals surface area (Å²) in [4.78, 5) is 4.17. The molecular formula is C13H23IN4. The maximum absolute atomic E-state index is 8.80. The lowest BCUT2D eigenvalue weighted by molar-refractivity contribution is 0.314. The van der Waals surface area contributed by atoms with Crippen LogP contribution in [0.4, 0.5) is 0 Å². The van der Waals surface area contributed by atoms with Gasteiger partial charge >= 0.3 is 0 Å². The predicted molar refractivity (Wildman–Crippen MR) is 85.8 cm³/mol. The van der Waals surface area contributed by atoms with Gasteiger partial charge in [-0.2, -0.15) is 5.26 Å². The second-order valence-electron chi connectivity index (χ2n) is 4.89. The molecule has 0 bridgehead atoms. The normalized spacial score (nSPS) is 23.7. The third kappa shape index (κ3) is 6.84. The summed E-state index contributed by atoms with van der Waals surface area (Å²) in [6, 6.07) is 2.34. The van der Waals surface area contributed by atoms with E-state index in [0.717, 1.165) is 37.8 Å². The molecule has 0 saturated heterocycles. The second-order valence-corrected chi connectivity index (χ2v) is 4.89. The lowest BCUT2D eigenvalue weighted by atomic mass is 9.83. The van der Waals surface area contributed by atoms with Crippen LogP contribution >= 0.6 is 24.0 Å². The molecule has 0 aromatic carbocycles. The number of nitrogens with two attached hydrogens (primary N) is 1. The summed E-state index contributed by atoms with van der Waals surface area (Å²) in [7, 11) is 0. The smallest absolute Gasteiger partial charge is 0.188 e. The van der Waals surface area contributed by atoms with Gasteiger partial charge in [-0.3, -0.25) is 0 Å².